The standard InChI is InChI=1S/C14H19BrN2O2.ClH/c1-19-12-5-4-10(8-11(12)15)17-13(18)14(9-16)6-2-3-7-14;/h4-5,8H,2-3,6-7,9,16H2,1H3,(H,17,18);1H. The highest BCUT2D eigenvalue weighted by Gasteiger charge is 2.39. The molecule has 4 nitrogen and oxygen atoms in total. The summed E-state index contributed by atoms with van der Waals surface area (Å²) in [6.45, 7) is 0.413. The zero-order chi connectivity index (χ0) is 13.9. The van der Waals surface area contributed by atoms with Crippen molar-refractivity contribution in [2.24, 2.45) is 11.1 Å². The summed E-state index contributed by atoms with van der Waals surface area (Å²) in [5, 5.41) is 2.96. The summed E-state index contributed by atoms with van der Waals surface area (Å²) < 4.78 is 5.99. The zero-order valence-electron chi connectivity index (χ0n) is 11.4. The highest BCUT2D eigenvalue weighted by Crippen LogP contribution is 2.38. The number of nitrogens with two attached hydrogens (primary N) is 1. The average molecular weight is 364 g/mol. The maximum atomic E-state index is 12.4. The Balaban J connectivity index is 0.00000200. The topological polar surface area (TPSA) is 64.3 Å². The van der Waals surface area contributed by atoms with Crippen molar-refractivity contribution < 1.29 is 9.53 Å². The summed E-state index contributed by atoms with van der Waals surface area (Å²) in [6.07, 6.45) is 3.92. The quantitative estimate of drug-likeness (QED) is 0.862. The number of nitrogens with one attached hydrogen (secondary N) is 1. The molecule has 2 rings (SSSR count). The van der Waals surface area contributed by atoms with Crippen LogP contribution in [0.25, 0.3) is 0 Å². The van der Waals surface area contributed by atoms with Crippen LogP contribution >= 0.6 is 28.3 Å². The number of anilines is 1. The van der Waals surface area contributed by atoms with Crippen LogP contribution < -0.4 is 15.8 Å². The van der Waals surface area contributed by atoms with Crippen molar-refractivity contribution >= 4 is 39.9 Å². The molecule has 0 heterocycles. The van der Waals surface area contributed by atoms with Gasteiger partial charge in [0.05, 0.1) is 17.0 Å². The van der Waals surface area contributed by atoms with Gasteiger partial charge in [-0.05, 0) is 47.0 Å². The van der Waals surface area contributed by atoms with E-state index in [-0.39, 0.29) is 23.7 Å². The lowest BCUT2D eigenvalue weighted by Crippen LogP contribution is -2.40. The predicted octanol–water partition coefficient (Wildman–Crippen LogP) is 3.34. The van der Waals surface area contributed by atoms with E-state index in [1.54, 1.807) is 7.11 Å². The fraction of sp³-hybridized carbons (Fsp3) is 0.500. The normalized spacial score (nSPS) is 16.4. The largest absolute Gasteiger partial charge is 0.496 e. The van der Waals surface area contributed by atoms with Gasteiger partial charge in [-0.25, -0.2) is 0 Å². The molecule has 1 saturated carbocycles. The van der Waals surface area contributed by atoms with Gasteiger partial charge < -0.3 is 15.8 Å². The van der Waals surface area contributed by atoms with Crippen LogP contribution in [-0.2, 0) is 4.79 Å². The Morgan fingerprint density at radius 3 is 2.60 bits per heavy atom. The average Bonchev–Trinajstić information content (AvgIpc) is 2.89. The first kappa shape index (κ1) is 17.3. The molecule has 1 aromatic rings. The summed E-state index contributed by atoms with van der Waals surface area (Å²) in [5.41, 5.74) is 6.19. The molecule has 3 N–H and O–H groups in total. The Kier molecular flexibility index (Phi) is 6.30. The second-order valence-electron chi connectivity index (χ2n) is 5.00. The molecule has 0 aromatic heterocycles. The van der Waals surface area contributed by atoms with E-state index in [4.69, 9.17) is 10.5 Å². The molecule has 0 radical (unpaired) electrons. The first-order chi connectivity index (χ1) is 9.11. The highest BCUT2D eigenvalue weighted by atomic mass is 79.9. The maximum Gasteiger partial charge on any atom is 0.231 e. The molecule has 0 atom stereocenters. The zero-order valence-corrected chi connectivity index (χ0v) is 13.9. The first-order valence-corrected chi connectivity index (χ1v) is 7.26. The van der Waals surface area contributed by atoms with Crippen LogP contribution in [0.2, 0.25) is 0 Å². The van der Waals surface area contributed by atoms with Gasteiger partial charge in [-0.1, -0.05) is 12.8 Å². The smallest absolute Gasteiger partial charge is 0.231 e. The molecule has 0 spiro atoms. The van der Waals surface area contributed by atoms with Crippen molar-refractivity contribution in [3.05, 3.63) is 22.7 Å². The molecular formula is C14H20BrClN2O2. The van der Waals surface area contributed by atoms with Crippen molar-refractivity contribution in [3.8, 4) is 5.75 Å². The summed E-state index contributed by atoms with van der Waals surface area (Å²) in [4.78, 5) is 12.4. The van der Waals surface area contributed by atoms with Gasteiger partial charge in [-0.2, -0.15) is 0 Å². The lowest BCUT2D eigenvalue weighted by molar-refractivity contribution is -0.124. The molecule has 6 heteroatoms. The molecule has 0 unspecified atom stereocenters. The minimum Gasteiger partial charge on any atom is -0.496 e. The molecule has 1 amide bonds. The van der Waals surface area contributed by atoms with E-state index in [0.717, 1.165) is 41.6 Å². The van der Waals surface area contributed by atoms with Crippen LogP contribution in [0.15, 0.2) is 22.7 Å². The molecule has 0 aliphatic heterocycles. The molecule has 0 bridgehead atoms. The SMILES string of the molecule is COc1ccc(NC(=O)C2(CN)CCCC2)cc1Br.Cl. The lowest BCUT2D eigenvalue weighted by Gasteiger charge is -2.25. The Hall–Kier alpha value is -0.780. The van der Waals surface area contributed by atoms with Crippen molar-refractivity contribution in [1.29, 1.82) is 0 Å². The molecule has 1 aromatic carbocycles. The van der Waals surface area contributed by atoms with Crippen molar-refractivity contribution in [2.75, 3.05) is 19.0 Å². The van der Waals surface area contributed by atoms with Gasteiger partial charge in [0.2, 0.25) is 5.91 Å². The van der Waals surface area contributed by atoms with Crippen LogP contribution in [0.4, 0.5) is 5.69 Å². The number of ether oxygens (including phenoxy) is 1. The first-order valence-electron chi connectivity index (χ1n) is 6.46. The van der Waals surface area contributed by atoms with Gasteiger partial charge >= 0.3 is 0 Å². The molecule has 1 fully saturated rings. The molecule has 0 saturated heterocycles. The fourth-order valence-electron chi connectivity index (χ4n) is 2.58. The van der Waals surface area contributed by atoms with Crippen LogP contribution in [0.1, 0.15) is 25.7 Å². The maximum absolute atomic E-state index is 12.4. The number of hydrogen-bond donors (Lipinski definition) is 2. The monoisotopic (exact) mass is 362 g/mol. The van der Waals surface area contributed by atoms with E-state index in [2.05, 4.69) is 21.2 Å². The number of carbonyl (C=O) groups excluding carboxylic acids is 1. The third-order valence-electron chi connectivity index (χ3n) is 3.84. The van der Waals surface area contributed by atoms with Crippen molar-refractivity contribution in [2.45, 2.75) is 25.7 Å². The Morgan fingerprint density at radius 1 is 1.45 bits per heavy atom. The summed E-state index contributed by atoms with van der Waals surface area (Å²) in [6, 6.07) is 5.50. The van der Waals surface area contributed by atoms with E-state index in [1.165, 1.54) is 0 Å². The number of hydrogen-bond acceptors (Lipinski definition) is 3. The number of carbonyl (C=O) groups is 1. The van der Waals surface area contributed by atoms with Crippen molar-refractivity contribution in [3.63, 3.8) is 0 Å². The minimum atomic E-state index is -0.383. The summed E-state index contributed by atoms with van der Waals surface area (Å²) in [7, 11) is 1.61. The Bertz CT molecular complexity index is 476. The number of amides is 1. The fourth-order valence-corrected chi connectivity index (χ4v) is 3.12. The molecule has 1 aliphatic rings. The summed E-state index contributed by atoms with van der Waals surface area (Å²) >= 11 is 3.41. The van der Waals surface area contributed by atoms with E-state index < -0.39 is 0 Å². The van der Waals surface area contributed by atoms with Gasteiger partial charge in [-0.3, -0.25) is 4.79 Å². The van der Waals surface area contributed by atoms with Crippen molar-refractivity contribution in [1.82, 2.24) is 0 Å². The minimum absolute atomic E-state index is 0. The van der Waals surface area contributed by atoms with Gasteiger partial charge in [0.15, 0.2) is 0 Å². The van der Waals surface area contributed by atoms with E-state index >= 15 is 0 Å². The number of methoxy groups -OCH3 is 1. The van der Waals surface area contributed by atoms with E-state index in [9.17, 15) is 4.79 Å². The van der Waals surface area contributed by atoms with Gasteiger partial charge in [0.25, 0.3) is 0 Å². The Labute approximate surface area is 134 Å². The van der Waals surface area contributed by atoms with Gasteiger partial charge in [0.1, 0.15) is 5.75 Å². The predicted molar refractivity (Wildman–Crippen MR) is 86.5 cm³/mol. The van der Waals surface area contributed by atoms with Crippen LogP contribution in [-0.4, -0.2) is 19.6 Å². The van der Waals surface area contributed by atoms with Crippen LogP contribution in [0.5, 0.6) is 5.75 Å². The third-order valence-corrected chi connectivity index (χ3v) is 4.46. The number of rotatable bonds is 4. The molecule has 1 aliphatic carbocycles. The second kappa shape index (κ2) is 7.29. The van der Waals surface area contributed by atoms with Crippen LogP contribution in [0.3, 0.4) is 0 Å². The van der Waals surface area contributed by atoms with E-state index in [0.29, 0.717) is 6.54 Å². The van der Waals surface area contributed by atoms with Gasteiger partial charge in [-0.15, -0.1) is 12.4 Å². The number of benzene rings is 1. The number of halogens is 2. The van der Waals surface area contributed by atoms with Gasteiger partial charge in [0, 0.05) is 12.2 Å². The third kappa shape index (κ3) is 3.45. The molecule has 112 valence electrons. The molecular weight excluding hydrogens is 344 g/mol. The lowest BCUT2D eigenvalue weighted by atomic mass is 9.85. The summed E-state index contributed by atoms with van der Waals surface area (Å²) in [5.74, 6) is 0.775. The highest BCUT2D eigenvalue weighted by molar-refractivity contribution is 9.10. The molecule has 20 heavy (non-hydrogen) atoms. The van der Waals surface area contributed by atoms with E-state index in [1.807, 2.05) is 18.2 Å². The second-order valence-corrected chi connectivity index (χ2v) is 5.85. The Morgan fingerprint density at radius 2 is 2.10 bits per heavy atom. The van der Waals surface area contributed by atoms with Crippen LogP contribution in [0, 0.1) is 5.41 Å².